The molecule has 0 radical (unpaired) electrons. The number of halogens is 6. The molecule has 1 aliphatic heterocycles. The Labute approximate surface area is 247 Å². The van der Waals surface area contributed by atoms with Gasteiger partial charge in [0, 0.05) is 39.5 Å². The fourth-order valence-corrected chi connectivity index (χ4v) is 3.64. The highest BCUT2D eigenvalue weighted by atomic mass is 19.4. The SMILES string of the molecule is COCCn1nc(C(C)C)c2nc(N3CCNCC3)nc(Nc3cc(C)ccn3)c21.O=C(O)C(F)(F)F.O=C(O)C(F)(F)F. The molecule has 44 heavy (non-hydrogen) atoms. The van der Waals surface area contributed by atoms with E-state index in [1.54, 1.807) is 13.3 Å². The number of hydrogen-bond donors (Lipinski definition) is 4. The van der Waals surface area contributed by atoms with Gasteiger partial charge in [0.05, 0.1) is 18.8 Å². The molecule has 1 fully saturated rings. The lowest BCUT2D eigenvalue weighted by atomic mass is 10.1. The Kier molecular flexibility index (Phi) is 12.6. The van der Waals surface area contributed by atoms with Gasteiger partial charge in [0.25, 0.3) is 0 Å². The van der Waals surface area contributed by atoms with E-state index in [1.807, 2.05) is 23.7 Å². The summed E-state index contributed by atoms with van der Waals surface area (Å²) >= 11 is 0. The van der Waals surface area contributed by atoms with E-state index in [1.165, 1.54) is 0 Å². The highest BCUT2D eigenvalue weighted by Gasteiger charge is 2.38. The normalized spacial score (nSPS) is 13.6. The van der Waals surface area contributed by atoms with E-state index in [2.05, 4.69) is 34.4 Å². The number of carboxylic acid groups (broad SMARTS) is 2. The standard InChI is InChI=1S/C21H30N8O.2C2HF3O2/c1-14(2)17-18-19(29(27-17)11-12-30-4)20(24-16-13-15(3)5-6-23-16)26-21(25-18)28-9-7-22-8-10-28;2*3-2(4,5)1(6)7/h5-6,13-14,22H,7-12H2,1-4H3,(H,23,24,25,26);2*(H,6,7). The second-order valence-corrected chi connectivity index (χ2v) is 9.51. The van der Waals surface area contributed by atoms with Crippen LogP contribution in [0.2, 0.25) is 0 Å². The number of rotatable bonds is 7. The summed E-state index contributed by atoms with van der Waals surface area (Å²) in [7, 11) is 1.70. The molecule has 3 aromatic rings. The largest absolute Gasteiger partial charge is 0.490 e. The van der Waals surface area contributed by atoms with Crippen molar-refractivity contribution in [1.29, 1.82) is 0 Å². The first-order valence-corrected chi connectivity index (χ1v) is 13.0. The second-order valence-electron chi connectivity index (χ2n) is 9.51. The molecule has 0 aromatic carbocycles. The van der Waals surface area contributed by atoms with Gasteiger partial charge < -0.3 is 30.5 Å². The van der Waals surface area contributed by atoms with Gasteiger partial charge >= 0.3 is 24.3 Å². The number of pyridine rings is 1. The molecular weight excluding hydrogens is 606 g/mol. The number of methoxy groups -OCH3 is 1. The van der Waals surface area contributed by atoms with Crippen LogP contribution in [0.15, 0.2) is 18.3 Å². The van der Waals surface area contributed by atoms with Crippen molar-refractivity contribution in [2.75, 3.05) is 50.1 Å². The molecule has 4 heterocycles. The van der Waals surface area contributed by atoms with E-state index >= 15 is 0 Å². The lowest BCUT2D eigenvalue weighted by Crippen LogP contribution is -2.44. The zero-order valence-corrected chi connectivity index (χ0v) is 24.1. The Hall–Kier alpha value is -4.26. The van der Waals surface area contributed by atoms with Gasteiger partial charge in [0.15, 0.2) is 5.82 Å². The number of nitrogens with zero attached hydrogens (tertiary/aromatic N) is 6. The molecule has 13 nitrogen and oxygen atoms in total. The summed E-state index contributed by atoms with van der Waals surface area (Å²) in [6, 6.07) is 3.99. The first-order valence-electron chi connectivity index (χ1n) is 13.0. The van der Waals surface area contributed by atoms with Crippen LogP contribution in [-0.2, 0) is 20.9 Å². The number of anilines is 3. The van der Waals surface area contributed by atoms with Crippen LogP contribution in [0, 0.1) is 6.92 Å². The van der Waals surface area contributed by atoms with Crippen molar-refractivity contribution in [2.45, 2.75) is 45.6 Å². The number of aryl methyl sites for hydroxylation is 1. The minimum absolute atomic E-state index is 0.243. The predicted octanol–water partition coefficient (Wildman–Crippen LogP) is 3.72. The lowest BCUT2D eigenvalue weighted by molar-refractivity contribution is -0.193. The fraction of sp³-hybridized carbons (Fsp3) is 0.520. The fourth-order valence-electron chi connectivity index (χ4n) is 3.64. The Morgan fingerprint density at radius 3 is 2.11 bits per heavy atom. The van der Waals surface area contributed by atoms with E-state index in [0.717, 1.165) is 66.1 Å². The van der Waals surface area contributed by atoms with Crippen LogP contribution < -0.4 is 15.5 Å². The van der Waals surface area contributed by atoms with Gasteiger partial charge in [-0.15, -0.1) is 0 Å². The van der Waals surface area contributed by atoms with Gasteiger partial charge in [-0.05, 0) is 30.5 Å². The summed E-state index contributed by atoms with van der Waals surface area (Å²) in [6.45, 7) is 11.1. The molecule has 0 atom stereocenters. The third-order valence-corrected chi connectivity index (χ3v) is 5.70. The van der Waals surface area contributed by atoms with E-state index in [4.69, 9.17) is 39.6 Å². The minimum atomic E-state index is -5.08. The molecule has 4 rings (SSSR count). The number of nitrogens with one attached hydrogen (secondary N) is 2. The summed E-state index contributed by atoms with van der Waals surface area (Å²) in [5.41, 5.74) is 3.88. The smallest absolute Gasteiger partial charge is 0.475 e. The summed E-state index contributed by atoms with van der Waals surface area (Å²) < 4.78 is 70.7. The Balaban J connectivity index is 0.000000402. The van der Waals surface area contributed by atoms with E-state index in [9.17, 15) is 26.3 Å². The molecule has 0 aliphatic carbocycles. The Morgan fingerprint density at radius 2 is 1.64 bits per heavy atom. The molecule has 0 spiro atoms. The van der Waals surface area contributed by atoms with Gasteiger partial charge in [-0.3, -0.25) is 4.68 Å². The number of aliphatic carboxylic acids is 2. The van der Waals surface area contributed by atoms with Crippen LogP contribution in [0.4, 0.5) is 43.9 Å². The van der Waals surface area contributed by atoms with Crippen molar-refractivity contribution in [3.63, 3.8) is 0 Å². The third-order valence-electron chi connectivity index (χ3n) is 5.70. The summed E-state index contributed by atoms with van der Waals surface area (Å²) in [5, 5.41) is 25.9. The van der Waals surface area contributed by atoms with Crippen molar-refractivity contribution in [3.8, 4) is 0 Å². The molecule has 3 aromatic heterocycles. The highest BCUT2D eigenvalue weighted by Crippen LogP contribution is 2.31. The van der Waals surface area contributed by atoms with Crippen LogP contribution >= 0.6 is 0 Å². The number of aromatic nitrogens is 5. The molecular formula is C25H32F6N8O5. The molecule has 4 N–H and O–H groups in total. The molecule has 0 unspecified atom stereocenters. The van der Waals surface area contributed by atoms with Gasteiger partial charge in [-0.1, -0.05) is 13.8 Å². The zero-order valence-electron chi connectivity index (χ0n) is 24.1. The number of carbonyl (C=O) groups is 2. The summed E-state index contributed by atoms with van der Waals surface area (Å²) in [6.07, 6.45) is -8.37. The lowest BCUT2D eigenvalue weighted by Gasteiger charge is -2.27. The number of alkyl halides is 6. The zero-order chi connectivity index (χ0) is 33.2. The van der Waals surface area contributed by atoms with E-state index in [-0.39, 0.29) is 5.92 Å². The molecule has 0 bridgehead atoms. The van der Waals surface area contributed by atoms with Gasteiger partial charge in [0.2, 0.25) is 5.95 Å². The first kappa shape index (κ1) is 35.9. The van der Waals surface area contributed by atoms with Crippen LogP contribution in [0.25, 0.3) is 11.0 Å². The quantitative estimate of drug-likeness (QED) is 0.278. The van der Waals surface area contributed by atoms with Crippen molar-refractivity contribution in [3.05, 3.63) is 29.6 Å². The Bertz CT molecular complexity index is 1380. The second kappa shape index (κ2) is 15.5. The monoisotopic (exact) mass is 638 g/mol. The van der Waals surface area contributed by atoms with E-state index in [0.29, 0.717) is 13.2 Å². The molecule has 19 heteroatoms. The maximum absolute atomic E-state index is 10.6. The maximum Gasteiger partial charge on any atom is 0.490 e. The Morgan fingerprint density at radius 1 is 1.07 bits per heavy atom. The van der Waals surface area contributed by atoms with Crippen LogP contribution in [0.3, 0.4) is 0 Å². The average molecular weight is 639 g/mol. The van der Waals surface area contributed by atoms with Gasteiger partial charge in [0.1, 0.15) is 16.9 Å². The minimum Gasteiger partial charge on any atom is -0.475 e. The summed E-state index contributed by atoms with van der Waals surface area (Å²) in [5.74, 6) is -3.06. The summed E-state index contributed by atoms with van der Waals surface area (Å²) in [4.78, 5) is 34.4. The van der Waals surface area contributed by atoms with Crippen molar-refractivity contribution >= 4 is 40.6 Å². The number of carboxylic acids is 2. The van der Waals surface area contributed by atoms with Crippen LogP contribution in [-0.4, -0.2) is 99.1 Å². The predicted molar refractivity (Wildman–Crippen MR) is 146 cm³/mol. The topological polar surface area (TPSA) is 168 Å². The first-order chi connectivity index (χ1) is 20.4. The molecule has 244 valence electrons. The van der Waals surface area contributed by atoms with Crippen LogP contribution in [0.1, 0.15) is 31.0 Å². The van der Waals surface area contributed by atoms with Crippen molar-refractivity contribution in [2.24, 2.45) is 0 Å². The number of ether oxygens (including phenoxy) is 1. The van der Waals surface area contributed by atoms with Gasteiger partial charge in [-0.25, -0.2) is 19.6 Å². The number of fused-ring (bicyclic) bond motifs is 1. The molecule has 0 amide bonds. The molecule has 0 saturated carbocycles. The number of hydrogen-bond acceptors (Lipinski definition) is 10. The number of piperazine rings is 1. The molecule has 1 aliphatic rings. The van der Waals surface area contributed by atoms with Crippen molar-refractivity contribution < 1.29 is 50.9 Å². The maximum atomic E-state index is 10.6. The third kappa shape index (κ3) is 10.5. The van der Waals surface area contributed by atoms with Crippen LogP contribution in [0.5, 0.6) is 0 Å². The van der Waals surface area contributed by atoms with E-state index < -0.39 is 24.3 Å². The molecule has 1 saturated heterocycles. The van der Waals surface area contributed by atoms with Crippen molar-refractivity contribution in [1.82, 2.24) is 30.0 Å². The highest BCUT2D eigenvalue weighted by molar-refractivity contribution is 5.90. The van der Waals surface area contributed by atoms with Gasteiger partial charge in [-0.2, -0.15) is 36.4 Å². The average Bonchev–Trinajstić information content (AvgIpc) is 3.31.